The summed E-state index contributed by atoms with van der Waals surface area (Å²) in [5.41, 5.74) is 7.00. The summed E-state index contributed by atoms with van der Waals surface area (Å²) in [5.74, 6) is 1.42. The molecule has 0 unspecified atom stereocenters. The highest BCUT2D eigenvalue weighted by molar-refractivity contribution is 5.71. The van der Waals surface area contributed by atoms with E-state index in [1.807, 2.05) is 0 Å². The first-order valence-electron chi connectivity index (χ1n) is 5.11. The molecule has 1 amide bonds. The first-order chi connectivity index (χ1) is 8.28. The molecule has 3 N–H and O–H groups in total. The Balaban J connectivity index is 2.08. The molecule has 2 rings (SSSR count). The Morgan fingerprint density at radius 1 is 0.941 bits per heavy atom. The van der Waals surface area contributed by atoms with Gasteiger partial charge in [-0.05, 0) is 48.5 Å². The molecule has 4 nitrogen and oxygen atoms in total. The number of hydrogen-bond donors (Lipinski definition) is 2. The zero-order valence-electron chi connectivity index (χ0n) is 9.09. The smallest absolute Gasteiger partial charge is 0.211 e. The van der Waals surface area contributed by atoms with Gasteiger partial charge in [0.25, 0.3) is 0 Å². The molecule has 0 radical (unpaired) electrons. The van der Waals surface area contributed by atoms with Crippen molar-refractivity contribution in [3.8, 4) is 11.5 Å². The maximum Gasteiger partial charge on any atom is 0.211 e. The summed E-state index contributed by atoms with van der Waals surface area (Å²) < 4.78 is 5.59. The minimum atomic E-state index is 0.635. The van der Waals surface area contributed by atoms with E-state index < -0.39 is 0 Å². The van der Waals surface area contributed by atoms with E-state index in [9.17, 15) is 4.79 Å². The van der Waals surface area contributed by atoms with Gasteiger partial charge in [-0.3, -0.25) is 4.79 Å². The maximum absolute atomic E-state index is 10.2. The van der Waals surface area contributed by atoms with Crippen LogP contribution in [0.4, 0.5) is 11.4 Å². The molecule has 0 aliphatic heterocycles. The molecule has 2 aromatic rings. The van der Waals surface area contributed by atoms with Gasteiger partial charge in [-0.25, -0.2) is 0 Å². The van der Waals surface area contributed by atoms with Gasteiger partial charge in [-0.15, -0.1) is 0 Å². The largest absolute Gasteiger partial charge is 0.457 e. The number of ether oxygens (including phenoxy) is 1. The Morgan fingerprint density at radius 3 is 2.00 bits per heavy atom. The molecule has 4 heteroatoms. The number of carbonyl (C=O) groups is 1. The van der Waals surface area contributed by atoms with Crippen LogP contribution in [0.25, 0.3) is 0 Å². The topological polar surface area (TPSA) is 64.3 Å². The number of nitrogens with one attached hydrogen (secondary N) is 1. The van der Waals surface area contributed by atoms with E-state index >= 15 is 0 Å². The predicted molar refractivity (Wildman–Crippen MR) is 67.1 cm³/mol. The van der Waals surface area contributed by atoms with Crippen LogP contribution in [0, 0.1) is 0 Å². The lowest BCUT2D eigenvalue weighted by molar-refractivity contribution is -0.105. The molecule has 2 aromatic carbocycles. The molecular formula is C13H12N2O2. The molecular weight excluding hydrogens is 216 g/mol. The highest BCUT2D eigenvalue weighted by Gasteiger charge is 1.97. The van der Waals surface area contributed by atoms with Gasteiger partial charge in [0.1, 0.15) is 11.5 Å². The van der Waals surface area contributed by atoms with Crippen molar-refractivity contribution in [3.05, 3.63) is 48.5 Å². The first kappa shape index (κ1) is 11.0. The van der Waals surface area contributed by atoms with Gasteiger partial charge in [-0.1, -0.05) is 0 Å². The minimum absolute atomic E-state index is 0.635. The van der Waals surface area contributed by atoms with Gasteiger partial charge >= 0.3 is 0 Å². The number of anilines is 2. The molecule has 0 saturated heterocycles. The Morgan fingerprint density at radius 2 is 1.47 bits per heavy atom. The molecule has 0 aliphatic carbocycles. The van der Waals surface area contributed by atoms with Crippen LogP contribution in [0.2, 0.25) is 0 Å². The lowest BCUT2D eigenvalue weighted by atomic mass is 10.3. The molecule has 0 atom stereocenters. The number of amides is 1. The summed E-state index contributed by atoms with van der Waals surface area (Å²) >= 11 is 0. The molecule has 0 spiro atoms. The molecule has 0 fully saturated rings. The van der Waals surface area contributed by atoms with Crippen LogP contribution in [-0.4, -0.2) is 6.41 Å². The van der Waals surface area contributed by atoms with Crippen molar-refractivity contribution < 1.29 is 9.53 Å². The predicted octanol–water partition coefficient (Wildman–Crippen LogP) is 2.63. The third-order valence-electron chi connectivity index (χ3n) is 2.20. The van der Waals surface area contributed by atoms with Crippen molar-refractivity contribution in [2.75, 3.05) is 11.1 Å². The fraction of sp³-hybridized carbons (Fsp3) is 0. The second-order valence-electron chi connectivity index (χ2n) is 3.46. The quantitative estimate of drug-likeness (QED) is 0.624. The summed E-state index contributed by atoms with van der Waals surface area (Å²) in [6.07, 6.45) is 0.635. The Labute approximate surface area is 99.0 Å². The molecule has 0 bridgehead atoms. The van der Waals surface area contributed by atoms with Gasteiger partial charge in [0.05, 0.1) is 0 Å². The van der Waals surface area contributed by atoms with Crippen LogP contribution in [-0.2, 0) is 4.79 Å². The molecule has 17 heavy (non-hydrogen) atoms. The van der Waals surface area contributed by atoms with Crippen LogP contribution >= 0.6 is 0 Å². The number of nitrogen functional groups attached to an aromatic ring is 1. The second-order valence-corrected chi connectivity index (χ2v) is 3.46. The summed E-state index contributed by atoms with van der Waals surface area (Å²) in [6, 6.07) is 14.2. The van der Waals surface area contributed by atoms with Gasteiger partial charge in [0, 0.05) is 11.4 Å². The molecule has 86 valence electrons. The van der Waals surface area contributed by atoms with E-state index in [1.54, 1.807) is 48.5 Å². The molecule has 0 saturated carbocycles. The van der Waals surface area contributed by atoms with Crippen LogP contribution in [0.3, 0.4) is 0 Å². The minimum Gasteiger partial charge on any atom is -0.457 e. The van der Waals surface area contributed by atoms with Crippen LogP contribution in [0.1, 0.15) is 0 Å². The lowest BCUT2D eigenvalue weighted by Crippen LogP contribution is -1.93. The third kappa shape index (κ3) is 2.98. The lowest BCUT2D eigenvalue weighted by Gasteiger charge is -2.06. The van der Waals surface area contributed by atoms with E-state index in [-0.39, 0.29) is 0 Å². The first-order valence-corrected chi connectivity index (χ1v) is 5.11. The zero-order valence-corrected chi connectivity index (χ0v) is 9.09. The summed E-state index contributed by atoms with van der Waals surface area (Å²) in [4.78, 5) is 10.2. The average Bonchev–Trinajstić information content (AvgIpc) is 2.35. The SMILES string of the molecule is Nc1ccc(Oc2ccc(NC=O)cc2)cc1. The van der Waals surface area contributed by atoms with Crippen molar-refractivity contribution in [1.82, 2.24) is 0 Å². The van der Waals surface area contributed by atoms with Crippen molar-refractivity contribution in [2.24, 2.45) is 0 Å². The molecule has 0 aromatic heterocycles. The van der Waals surface area contributed by atoms with Crippen molar-refractivity contribution in [1.29, 1.82) is 0 Å². The number of carbonyl (C=O) groups excluding carboxylic acids is 1. The summed E-state index contributed by atoms with van der Waals surface area (Å²) in [5, 5.41) is 2.55. The number of hydrogen-bond acceptors (Lipinski definition) is 3. The molecule has 0 heterocycles. The number of rotatable bonds is 4. The highest BCUT2D eigenvalue weighted by atomic mass is 16.5. The van der Waals surface area contributed by atoms with E-state index in [0.29, 0.717) is 17.8 Å². The van der Waals surface area contributed by atoms with Crippen molar-refractivity contribution in [2.45, 2.75) is 0 Å². The Bertz CT molecular complexity index is 492. The Kier molecular flexibility index (Phi) is 3.25. The number of nitrogens with two attached hydrogens (primary N) is 1. The average molecular weight is 228 g/mol. The van der Waals surface area contributed by atoms with E-state index in [1.165, 1.54) is 0 Å². The summed E-state index contributed by atoms with van der Waals surface area (Å²) in [6.45, 7) is 0. The fourth-order valence-corrected chi connectivity index (χ4v) is 1.36. The maximum atomic E-state index is 10.2. The fourth-order valence-electron chi connectivity index (χ4n) is 1.36. The monoisotopic (exact) mass is 228 g/mol. The van der Waals surface area contributed by atoms with Crippen LogP contribution in [0.15, 0.2) is 48.5 Å². The summed E-state index contributed by atoms with van der Waals surface area (Å²) in [7, 11) is 0. The Hall–Kier alpha value is -2.49. The highest BCUT2D eigenvalue weighted by Crippen LogP contribution is 2.23. The third-order valence-corrected chi connectivity index (χ3v) is 2.20. The zero-order chi connectivity index (χ0) is 12.1. The van der Waals surface area contributed by atoms with Crippen molar-refractivity contribution >= 4 is 17.8 Å². The molecule has 0 aliphatic rings. The van der Waals surface area contributed by atoms with Gasteiger partial charge in [-0.2, -0.15) is 0 Å². The van der Waals surface area contributed by atoms with E-state index in [4.69, 9.17) is 10.5 Å². The number of benzene rings is 2. The van der Waals surface area contributed by atoms with Crippen molar-refractivity contribution in [3.63, 3.8) is 0 Å². The van der Waals surface area contributed by atoms with Gasteiger partial charge in [0.2, 0.25) is 6.41 Å². The van der Waals surface area contributed by atoms with Crippen LogP contribution in [0.5, 0.6) is 11.5 Å². The normalized spacial score (nSPS) is 9.65. The van der Waals surface area contributed by atoms with Gasteiger partial charge < -0.3 is 15.8 Å². The van der Waals surface area contributed by atoms with E-state index in [2.05, 4.69) is 5.32 Å². The standard InChI is InChI=1S/C13H12N2O2/c14-10-1-5-12(6-2-10)17-13-7-3-11(4-8-13)15-9-16/h1-9H,14H2,(H,15,16). The van der Waals surface area contributed by atoms with Crippen LogP contribution < -0.4 is 15.8 Å². The second kappa shape index (κ2) is 5.03. The van der Waals surface area contributed by atoms with Gasteiger partial charge in [0.15, 0.2) is 0 Å². The van der Waals surface area contributed by atoms with E-state index in [0.717, 1.165) is 11.4 Å².